The van der Waals surface area contributed by atoms with Crippen LogP contribution in [0.3, 0.4) is 0 Å². The van der Waals surface area contributed by atoms with E-state index in [2.05, 4.69) is 6.58 Å². The van der Waals surface area contributed by atoms with Crippen LogP contribution in [0.5, 0.6) is 0 Å². The van der Waals surface area contributed by atoms with Crippen LogP contribution in [0.2, 0.25) is 0 Å². The lowest BCUT2D eigenvalue weighted by Crippen LogP contribution is -2.43. The van der Waals surface area contributed by atoms with Crippen molar-refractivity contribution in [1.29, 1.82) is 0 Å². The van der Waals surface area contributed by atoms with Gasteiger partial charge in [-0.3, -0.25) is 9.59 Å². The summed E-state index contributed by atoms with van der Waals surface area (Å²) in [7, 11) is 0. The van der Waals surface area contributed by atoms with Gasteiger partial charge in [0.15, 0.2) is 17.2 Å². The Balaban J connectivity index is 2.27. The second kappa shape index (κ2) is 6.90. The van der Waals surface area contributed by atoms with Crippen LogP contribution in [0.25, 0.3) is 0 Å². The summed E-state index contributed by atoms with van der Waals surface area (Å²) >= 11 is 0. The highest BCUT2D eigenvalue weighted by molar-refractivity contribution is 6.03. The van der Waals surface area contributed by atoms with Gasteiger partial charge in [-0.25, -0.2) is 0 Å². The average Bonchev–Trinajstić information content (AvgIpc) is 2.54. The molecule has 4 nitrogen and oxygen atoms in total. The lowest BCUT2D eigenvalue weighted by Gasteiger charge is -2.33. The highest BCUT2D eigenvalue weighted by atomic mass is 16.3. The van der Waals surface area contributed by atoms with E-state index in [9.17, 15) is 19.8 Å². The molecule has 1 aromatic rings. The second-order valence-corrected chi connectivity index (χ2v) is 7.06. The Hall–Kier alpha value is -2.30. The number of hydrogen-bond donors (Lipinski definition) is 2. The van der Waals surface area contributed by atoms with Crippen molar-refractivity contribution in [3.8, 4) is 0 Å². The number of Topliss-reactive ketones (excluding diaryl/α,β-unsaturated/α-hetero) is 2. The van der Waals surface area contributed by atoms with E-state index in [0.717, 1.165) is 11.1 Å². The van der Waals surface area contributed by atoms with Gasteiger partial charge in [-0.05, 0) is 43.5 Å². The predicted octanol–water partition coefficient (Wildman–Crippen LogP) is 2.66. The quantitative estimate of drug-likeness (QED) is 0.781. The van der Waals surface area contributed by atoms with Gasteiger partial charge in [0.2, 0.25) is 0 Å². The van der Waals surface area contributed by atoms with Crippen LogP contribution >= 0.6 is 0 Å². The molecule has 1 aromatic carbocycles. The molecule has 2 rings (SSSR count). The minimum absolute atomic E-state index is 0.124. The molecule has 0 spiro atoms. The normalized spacial score (nSPS) is 22.7. The SMILES string of the molecule is C=C(C)C(=O)C1(O)C=CC=CC1c1ccc(CC(=O)C(C)(C)O)cc1. The number of carbonyl (C=O) groups excluding carboxylic acids is 2. The van der Waals surface area contributed by atoms with Crippen molar-refractivity contribution < 1.29 is 19.8 Å². The number of hydrogen-bond acceptors (Lipinski definition) is 4. The minimum atomic E-state index is -1.66. The molecule has 2 unspecified atom stereocenters. The lowest BCUT2D eigenvalue weighted by atomic mass is 9.75. The van der Waals surface area contributed by atoms with Crippen molar-refractivity contribution in [3.63, 3.8) is 0 Å². The number of benzene rings is 1. The van der Waals surface area contributed by atoms with Gasteiger partial charge >= 0.3 is 0 Å². The van der Waals surface area contributed by atoms with E-state index in [4.69, 9.17) is 0 Å². The number of allylic oxidation sites excluding steroid dienone is 2. The van der Waals surface area contributed by atoms with Crippen LogP contribution in [-0.2, 0) is 16.0 Å². The third-order valence-corrected chi connectivity index (χ3v) is 4.38. The summed E-state index contributed by atoms with van der Waals surface area (Å²) in [4.78, 5) is 24.3. The molecule has 0 heterocycles. The van der Waals surface area contributed by atoms with Gasteiger partial charge in [0.1, 0.15) is 5.60 Å². The number of carbonyl (C=O) groups is 2. The van der Waals surface area contributed by atoms with Gasteiger partial charge in [0.05, 0.1) is 0 Å². The van der Waals surface area contributed by atoms with E-state index >= 15 is 0 Å². The largest absolute Gasteiger partial charge is 0.383 e. The summed E-state index contributed by atoms with van der Waals surface area (Å²) < 4.78 is 0. The second-order valence-electron chi connectivity index (χ2n) is 7.06. The molecule has 0 radical (unpaired) electrons. The molecule has 132 valence electrons. The standard InChI is InChI=1S/C21H24O4/c1-14(2)19(23)21(25)12-6-5-7-17(21)16-10-8-15(9-11-16)13-18(22)20(3,4)24/h5-12,17,24-25H,1,13H2,2-4H3. The molecular formula is C21H24O4. The number of aliphatic hydroxyl groups is 2. The van der Waals surface area contributed by atoms with Crippen molar-refractivity contribution in [2.75, 3.05) is 0 Å². The maximum atomic E-state index is 12.4. The number of ketones is 2. The fourth-order valence-electron chi connectivity index (χ4n) is 2.80. The Labute approximate surface area is 148 Å². The summed E-state index contributed by atoms with van der Waals surface area (Å²) in [5, 5.41) is 20.7. The minimum Gasteiger partial charge on any atom is -0.383 e. The highest BCUT2D eigenvalue weighted by Gasteiger charge is 2.42. The van der Waals surface area contributed by atoms with E-state index in [1.807, 2.05) is 0 Å². The Morgan fingerprint density at radius 2 is 1.80 bits per heavy atom. The average molecular weight is 340 g/mol. The molecule has 0 aromatic heterocycles. The highest BCUT2D eigenvalue weighted by Crippen LogP contribution is 2.36. The van der Waals surface area contributed by atoms with Gasteiger partial charge in [-0.1, -0.05) is 49.1 Å². The molecule has 2 N–H and O–H groups in total. The fourth-order valence-corrected chi connectivity index (χ4v) is 2.80. The van der Waals surface area contributed by atoms with Crippen LogP contribution in [0, 0.1) is 0 Å². The van der Waals surface area contributed by atoms with Crippen LogP contribution in [0.4, 0.5) is 0 Å². The van der Waals surface area contributed by atoms with Crippen LogP contribution in [-0.4, -0.2) is 33.0 Å². The molecule has 0 bridgehead atoms. The fraction of sp³-hybridized carbons (Fsp3) is 0.333. The molecular weight excluding hydrogens is 316 g/mol. The topological polar surface area (TPSA) is 74.6 Å². The molecule has 1 aliphatic rings. The van der Waals surface area contributed by atoms with Crippen molar-refractivity contribution in [2.24, 2.45) is 0 Å². The summed E-state index contributed by atoms with van der Waals surface area (Å²) in [5.41, 5.74) is -1.22. The van der Waals surface area contributed by atoms with E-state index in [-0.39, 0.29) is 12.2 Å². The third-order valence-electron chi connectivity index (χ3n) is 4.38. The monoisotopic (exact) mass is 340 g/mol. The predicted molar refractivity (Wildman–Crippen MR) is 97.2 cm³/mol. The molecule has 0 fully saturated rings. The summed E-state index contributed by atoms with van der Waals surface area (Å²) in [6.07, 6.45) is 6.82. The van der Waals surface area contributed by atoms with Gasteiger partial charge in [0, 0.05) is 12.3 Å². The van der Waals surface area contributed by atoms with E-state index in [1.165, 1.54) is 19.9 Å². The van der Waals surface area contributed by atoms with Crippen LogP contribution in [0.1, 0.15) is 37.8 Å². The maximum absolute atomic E-state index is 12.4. The van der Waals surface area contributed by atoms with E-state index in [1.54, 1.807) is 49.4 Å². The first-order chi connectivity index (χ1) is 11.6. The Kier molecular flexibility index (Phi) is 5.26. The van der Waals surface area contributed by atoms with E-state index < -0.39 is 22.9 Å². The zero-order valence-corrected chi connectivity index (χ0v) is 14.8. The molecule has 4 heteroatoms. The first-order valence-corrected chi connectivity index (χ1v) is 8.19. The van der Waals surface area contributed by atoms with Gasteiger partial charge in [-0.2, -0.15) is 0 Å². The number of rotatable bonds is 6. The maximum Gasteiger partial charge on any atom is 0.194 e. The van der Waals surface area contributed by atoms with Crippen LogP contribution in [0.15, 0.2) is 60.7 Å². The zero-order chi connectivity index (χ0) is 18.8. The summed E-state index contributed by atoms with van der Waals surface area (Å²) in [6.45, 7) is 8.15. The smallest absolute Gasteiger partial charge is 0.194 e. The Morgan fingerprint density at radius 1 is 1.20 bits per heavy atom. The van der Waals surface area contributed by atoms with Crippen LogP contribution < -0.4 is 0 Å². The molecule has 1 aliphatic carbocycles. The lowest BCUT2D eigenvalue weighted by molar-refractivity contribution is -0.133. The summed E-state index contributed by atoms with van der Waals surface area (Å²) in [5.74, 6) is -1.21. The first kappa shape index (κ1) is 19.0. The molecule has 0 amide bonds. The van der Waals surface area contributed by atoms with Crippen molar-refractivity contribution in [2.45, 2.75) is 44.3 Å². The molecule has 0 saturated heterocycles. The van der Waals surface area contributed by atoms with Crippen molar-refractivity contribution in [1.82, 2.24) is 0 Å². The van der Waals surface area contributed by atoms with Gasteiger partial charge < -0.3 is 10.2 Å². The zero-order valence-electron chi connectivity index (χ0n) is 14.8. The molecule has 2 atom stereocenters. The molecule has 25 heavy (non-hydrogen) atoms. The van der Waals surface area contributed by atoms with E-state index in [0.29, 0.717) is 5.57 Å². The molecule has 0 saturated carbocycles. The van der Waals surface area contributed by atoms with Crippen molar-refractivity contribution in [3.05, 3.63) is 71.8 Å². The Morgan fingerprint density at radius 3 is 2.32 bits per heavy atom. The Bertz CT molecular complexity index is 747. The van der Waals surface area contributed by atoms with Gasteiger partial charge in [0.25, 0.3) is 0 Å². The van der Waals surface area contributed by atoms with Crippen molar-refractivity contribution >= 4 is 11.6 Å². The first-order valence-electron chi connectivity index (χ1n) is 8.19. The van der Waals surface area contributed by atoms with Gasteiger partial charge in [-0.15, -0.1) is 0 Å². The summed E-state index contributed by atoms with van der Waals surface area (Å²) in [6, 6.07) is 7.13. The third kappa shape index (κ3) is 4.03. The molecule has 0 aliphatic heterocycles.